The normalized spacial score (nSPS) is 12.5. The van der Waals surface area contributed by atoms with Crippen molar-refractivity contribution in [1.82, 2.24) is 5.32 Å². The molecule has 2 aromatic rings. The highest BCUT2D eigenvalue weighted by Gasteiger charge is 2.22. The van der Waals surface area contributed by atoms with Crippen molar-refractivity contribution in [2.75, 3.05) is 6.54 Å². The predicted molar refractivity (Wildman–Crippen MR) is 78.0 cm³/mol. The van der Waals surface area contributed by atoms with Crippen molar-refractivity contribution in [3.05, 3.63) is 69.5 Å². The molecule has 0 radical (unpaired) electrons. The van der Waals surface area contributed by atoms with Crippen molar-refractivity contribution in [2.24, 2.45) is 0 Å². The van der Waals surface area contributed by atoms with Gasteiger partial charge in [0.1, 0.15) is 17.5 Å². The van der Waals surface area contributed by atoms with E-state index in [1.165, 1.54) is 25.1 Å². The highest BCUT2D eigenvalue weighted by atomic mass is 35.5. The largest absolute Gasteiger partial charge is 0.306 e. The Kier molecular flexibility index (Phi) is 4.91. The molecular weight excluding hydrogens is 299 g/mol. The van der Waals surface area contributed by atoms with E-state index in [2.05, 4.69) is 5.32 Å². The number of hydrogen-bond acceptors (Lipinski definition) is 1. The van der Waals surface area contributed by atoms with E-state index in [1.807, 2.05) is 0 Å². The Morgan fingerprint density at radius 1 is 1.00 bits per heavy atom. The summed E-state index contributed by atoms with van der Waals surface area (Å²) in [5.41, 5.74) is 0.450. The monoisotopic (exact) mass is 313 g/mol. The summed E-state index contributed by atoms with van der Waals surface area (Å²) in [5.74, 6) is -1.64. The number of aryl methyl sites for hydroxylation is 1. The van der Waals surface area contributed by atoms with Gasteiger partial charge >= 0.3 is 0 Å². The van der Waals surface area contributed by atoms with Gasteiger partial charge in [-0.1, -0.05) is 18.5 Å². The minimum atomic E-state index is -0.802. The van der Waals surface area contributed by atoms with E-state index in [4.69, 9.17) is 11.6 Å². The molecular formula is C16H15ClF3N. The van der Waals surface area contributed by atoms with E-state index in [0.717, 1.165) is 12.1 Å². The first kappa shape index (κ1) is 15.9. The maximum Gasteiger partial charge on any atom is 0.128 e. The topological polar surface area (TPSA) is 12.0 Å². The molecule has 0 aromatic heterocycles. The van der Waals surface area contributed by atoms with Crippen LogP contribution in [0.1, 0.15) is 29.7 Å². The highest BCUT2D eigenvalue weighted by molar-refractivity contribution is 6.30. The van der Waals surface area contributed by atoms with Crippen molar-refractivity contribution in [2.45, 2.75) is 19.9 Å². The molecule has 5 heteroatoms. The van der Waals surface area contributed by atoms with Gasteiger partial charge in [0.05, 0.1) is 6.04 Å². The molecule has 0 heterocycles. The van der Waals surface area contributed by atoms with Crippen LogP contribution in [0.5, 0.6) is 0 Å². The molecule has 0 spiro atoms. The van der Waals surface area contributed by atoms with Crippen LogP contribution in [-0.4, -0.2) is 6.54 Å². The lowest BCUT2D eigenvalue weighted by molar-refractivity contribution is 0.521. The van der Waals surface area contributed by atoms with Crippen molar-refractivity contribution in [3.63, 3.8) is 0 Å². The summed E-state index contributed by atoms with van der Waals surface area (Å²) >= 11 is 5.88. The van der Waals surface area contributed by atoms with Gasteiger partial charge in [-0.2, -0.15) is 0 Å². The molecule has 0 aliphatic carbocycles. The van der Waals surface area contributed by atoms with E-state index < -0.39 is 23.5 Å². The molecule has 0 aliphatic heterocycles. The quantitative estimate of drug-likeness (QED) is 0.857. The van der Waals surface area contributed by atoms with Crippen LogP contribution in [0.2, 0.25) is 5.02 Å². The Morgan fingerprint density at radius 2 is 1.67 bits per heavy atom. The van der Waals surface area contributed by atoms with Gasteiger partial charge in [-0.3, -0.25) is 0 Å². The lowest BCUT2D eigenvalue weighted by atomic mass is 9.96. The maximum absolute atomic E-state index is 14.2. The zero-order chi connectivity index (χ0) is 15.6. The predicted octanol–water partition coefficient (Wildman–Crippen LogP) is 4.76. The molecule has 0 aliphatic rings. The molecule has 112 valence electrons. The Labute approximate surface area is 126 Å². The average molecular weight is 314 g/mol. The van der Waals surface area contributed by atoms with Gasteiger partial charge in [0.2, 0.25) is 0 Å². The third-order valence-electron chi connectivity index (χ3n) is 3.27. The third-order valence-corrected chi connectivity index (χ3v) is 3.50. The van der Waals surface area contributed by atoms with Gasteiger partial charge in [0, 0.05) is 16.1 Å². The van der Waals surface area contributed by atoms with Gasteiger partial charge in [-0.25, -0.2) is 13.2 Å². The number of rotatable bonds is 4. The first-order chi connectivity index (χ1) is 9.93. The zero-order valence-electron chi connectivity index (χ0n) is 11.7. The molecule has 1 nitrogen and oxygen atoms in total. The Bertz CT molecular complexity index is 658. The van der Waals surface area contributed by atoms with E-state index >= 15 is 0 Å². The zero-order valence-corrected chi connectivity index (χ0v) is 12.4. The van der Waals surface area contributed by atoms with Crippen molar-refractivity contribution < 1.29 is 13.2 Å². The molecule has 1 atom stereocenters. The van der Waals surface area contributed by atoms with Gasteiger partial charge in [0.25, 0.3) is 0 Å². The molecule has 0 fully saturated rings. The fraction of sp³-hybridized carbons (Fsp3) is 0.250. The Balaban J connectivity index is 2.58. The minimum Gasteiger partial charge on any atom is -0.306 e. The fourth-order valence-corrected chi connectivity index (χ4v) is 2.39. The summed E-state index contributed by atoms with van der Waals surface area (Å²) in [7, 11) is 0. The molecule has 0 bridgehead atoms. The lowest BCUT2D eigenvalue weighted by Gasteiger charge is -2.21. The van der Waals surface area contributed by atoms with Crippen LogP contribution < -0.4 is 5.32 Å². The van der Waals surface area contributed by atoms with Gasteiger partial charge in [-0.05, 0) is 49.4 Å². The van der Waals surface area contributed by atoms with Crippen LogP contribution in [0.4, 0.5) is 13.2 Å². The number of hydrogen-bond donors (Lipinski definition) is 1. The summed E-state index contributed by atoms with van der Waals surface area (Å²) in [6, 6.07) is 5.45. The van der Waals surface area contributed by atoms with Crippen LogP contribution in [-0.2, 0) is 0 Å². The molecule has 1 unspecified atom stereocenters. The van der Waals surface area contributed by atoms with E-state index in [1.54, 1.807) is 6.92 Å². The summed E-state index contributed by atoms with van der Waals surface area (Å²) in [4.78, 5) is 0. The Morgan fingerprint density at radius 3 is 2.33 bits per heavy atom. The van der Waals surface area contributed by atoms with Crippen LogP contribution in [0.3, 0.4) is 0 Å². The van der Waals surface area contributed by atoms with Crippen molar-refractivity contribution in [3.8, 4) is 0 Å². The van der Waals surface area contributed by atoms with Crippen LogP contribution in [0.25, 0.3) is 0 Å². The molecule has 21 heavy (non-hydrogen) atoms. The van der Waals surface area contributed by atoms with Gasteiger partial charge in [-0.15, -0.1) is 0 Å². The van der Waals surface area contributed by atoms with E-state index in [0.29, 0.717) is 11.6 Å². The molecule has 0 amide bonds. The van der Waals surface area contributed by atoms with E-state index in [-0.39, 0.29) is 16.7 Å². The standard InChI is InChI=1S/C16H15ClF3N/c1-3-21-16(11-7-10(17)4-5-13(11)18)12-8-14(19)9(2)6-15(12)20/h4-8,16,21H,3H2,1-2H3. The number of nitrogens with one attached hydrogen (secondary N) is 1. The second kappa shape index (κ2) is 6.50. The fourth-order valence-electron chi connectivity index (χ4n) is 2.21. The summed E-state index contributed by atoms with van der Waals surface area (Å²) in [6.07, 6.45) is 0. The number of halogens is 4. The Hall–Kier alpha value is -1.52. The van der Waals surface area contributed by atoms with Gasteiger partial charge in [0.15, 0.2) is 0 Å². The second-order valence-corrected chi connectivity index (χ2v) is 5.22. The third kappa shape index (κ3) is 3.39. The molecule has 0 saturated carbocycles. The van der Waals surface area contributed by atoms with Crippen LogP contribution in [0.15, 0.2) is 30.3 Å². The lowest BCUT2D eigenvalue weighted by Crippen LogP contribution is -2.24. The summed E-state index contributed by atoms with van der Waals surface area (Å²) < 4.78 is 41.9. The van der Waals surface area contributed by atoms with Gasteiger partial charge < -0.3 is 5.32 Å². The number of benzene rings is 2. The first-order valence-corrected chi connectivity index (χ1v) is 6.95. The summed E-state index contributed by atoms with van der Waals surface area (Å²) in [5, 5.41) is 3.30. The second-order valence-electron chi connectivity index (χ2n) is 4.78. The molecule has 1 N–H and O–H groups in total. The smallest absolute Gasteiger partial charge is 0.128 e. The summed E-state index contributed by atoms with van der Waals surface area (Å²) in [6.45, 7) is 3.74. The average Bonchev–Trinajstić information content (AvgIpc) is 2.43. The highest BCUT2D eigenvalue weighted by Crippen LogP contribution is 2.30. The van der Waals surface area contributed by atoms with Crippen LogP contribution in [0, 0.1) is 24.4 Å². The molecule has 2 aromatic carbocycles. The van der Waals surface area contributed by atoms with Crippen molar-refractivity contribution in [1.29, 1.82) is 0 Å². The minimum absolute atomic E-state index is 0.0566. The molecule has 2 rings (SSSR count). The SMILES string of the molecule is CCNC(c1cc(Cl)ccc1F)c1cc(F)c(C)cc1F. The van der Waals surface area contributed by atoms with E-state index in [9.17, 15) is 13.2 Å². The molecule has 0 saturated heterocycles. The van der Waals surface area contributed by atoms with Crippen LogP contribution >= 0.6 is 11.6 Å². The maximum atomic E-state index is 14.2. The first-order valence-electron chi connectivity index (χ1n) is 6.58. The van der Waals surface area contributed by atoms with Crippen molar-refractivity contribution >= 4 is 11.6 Å².